The monoisotopic (exact) mass is 521 g/mol. The molecule has 2 heterocycles. The van der Waals surface area contributed by atoms with Crippen LogP contribution in [0.25, 0.3) is 0 Å². The second-order valence-electron chi connectivity index (χ2n) is 7.34. The van der Waals surface area contributed by atoms with E-state index in [1.165, 1.54) is 30.0 Å². The van der Waals surface area contributed by atoms with Crippen LogP contribution < -0.4 is 9.80 Å². The maximum Gasteiger partial charge on any atom is 0.416 e. The molecule has 1 atom stereocenters. The van der Waals surface area contributed by atoms with E-state index in [1.807, 2.05) is 0 Å². The summed E-state index contributed by atoms with van der Waals surface area (Å²) in [6, 6.07) is 5.34. The van der Waals surface area contributed by atoms with Crippen LogP contribution in [0.5, 0.6) is 0 Å². The number of pyridine rings is 1. The Hall–Kier alpha value is -1.87. The number of hydrogen-bond acceptors (Lipinski definition) is 3. The predicted octanol–water partition coefficient (Wildman–Crippen LogP) is 5.99. The molecule has 0 N–H and O–H groups in total. The summed E-state index contributed by atoms with van der Waals surface area (Å²) in [6.45, 7) is 2.26. The molecule has 1 aliphatic heterocycles. The molecular formula is C21H21BrClF4N3O. The van der Waals surface area contributed by atoms with Gasteiger partial charge in [0.1, 0.15) is 17.7 Å². The fourth-order valence-electron chi connectivity index (χ4n) is 3.68. The van der Waals surface area contributed by atoms with Gasteiger partial charge in [-0.05, 0) is 56.5 Å². The number of halogens is 6. The van der Waals surface area contributed by atoms with E-state index < -0.39 is 23.6 Å². The predicted molar refractivity (Wildman–Crippen MR) is 117 cm³/mol. The molecule has 1 aromatic carbocycles. The summed E-state index contributed by atoms with van der Waals surface area (Å²) in [6.07, 6.45) is -2.75. The highest BCUT2D eigenvalue weighted by atomic mass is 79.9. The Kier molecular flexibility index (Phi) is 7.47. The van der Waals surface area contributed by atoms with E-state index in [1.54, 1.807) is 4.90 Å². The van der Waals surface area contributed by atoms with Gasteiger partial charge < -0.3 is 9.80 Å². The van der Waals surface area contributed by atoms with Crippen molar-refractivity contribution in [1.82, 2.24) is 4.98 Å². The van der Waals surface area contributed by atoms with Gasteiger partial charge in [-0.15, -0.1) is 0 Å². The lowest BCUT2D eigenvalue weighted by Gasteiger charge is -2.31. The minimum atomic E-state index is -4.51. The van der Waals surface area contributed by atoms with Gasteiger partial charge in [-0.1, -0.05) is 27.5 Å². The number of rotatable bonds is 6. The van der Waals surface area contributed by atoms with E-state index in [4.69, 9.17) is 11.6 Å². The van der Waals surface area contributed by atoms with Crippen LogP contribution in [0, 0.1) is 12.7 Å². The number of aromatic nitrogens is 1. The van der Waals surface area contributed by atoms with Crippen LogP contribution in [-0.2, 0) is 11.0 Å². The van der Waals surface area contributed by atoms with Gasteiger partial charge in [0.25, 0.3) is 0 Å². The highest BCUT2D eigenvalue weighted by Gasteiger charge is 2.37. The number of carbonyl (C=O) groups is 1. The molecule has 4 nitrogen and oxygen atoms in total. The molecule has 0 spiro atoms. The van der Waals surface area contributed by atoms with Gasteiger partial charge in [-0.2, -0.15) is 13.2 Å². The molecule has 0 saturated carbocycles. The third kappa shape index (κ3) is 5.49. The molecule has 0 aliphatic carbocycles. The second kappa shape index (κ2) is 9.73. The number of alkyl halides is 4. The molecular weight excluding hydrogens is 502 g/mol. The van der Waals surface area contributed by atoms with Crippen molar-refractivity contribution in [2.45, 2.75) is 38.4 Å². The average Bonchev–Trinajstić information content (AvgIpc) is 3.19. The first-order valence-corrected chi connectivity index (χ1v) is 11.3. The zero-order valence-corrected chi connectivity index (χ0v) is 19.1. The van der Waals surface area contributed by atoms with Gasteiger partial charge >= 0.3 is 6.18 Å². The molecule has 1 saturated heterocycles. The first kappa shape index (κ1) is 23.8. The Balaban J connectivity index is 1.94. The Morgan fingerprint density at radius 2 is 2.06 bits per heavy atom. The van der Waals surface area contributed by atoms with E-state index in [0.29, 0.717) is 43.4 Å². The Morgan fingerprint density at radius 3 is 2.71 bits per heavy atom. The van der Waals surface area contributed by atoms with E-state index in [0.717, 1.165) is 12.1 Å². The maximum atomic E-state index is 13.6. The quantitative estimate of drug-likeness (QED) is 0.345. The lowest BCUT2D eigenvalue weighted by molar-refractivity contribution is -0.137. The second-order valence-corrected chi connectivity index (χ2v) is 8.54. The minimum absolute atomic E-state index is 0.104. The Labute approximate surface area is 191 Å². The van der Waals surface area contributed by atoms with Crippen LogP contribution in [0.1, 0.15) is 30.5 Å². The van der Waals surface area contributed by atoms with Crippen LogP contribution in [0.15, 0.2) is 30.3 Å². The standard InChI is InChI=1S/C21H21BrClF4N3O/c1-13-10-14(21(25,26)27)11-19(28-13)30-8-2-4-18(30)20(31)29(9-3-7-22)15-5-6-17(24)16(23)12-15/h5-6,10-12,18H,2-4,7-9H2,1H3/t18-/m0/s1. The lowest BCUT2D eigenvalue weighted by atomic mass is 10.1. The topological polar surface area (TPSA) is 36.4 Å². The van der Waals surface area contributed by atoms with Crippen molar-refractivity contribution >= 4 is 44.9 Å². The van der Waals surface area contributed by atoms with Crippen LogP contribution in [0.3, 0.4) is 0 Å². The zero-order chi connectivity index (χ0) is 22.8. The summed E-state index contributed by atoms with van der Waals surface area (Å²) in [5.41, 5.74) is -0.128. The van der Waals surface area contributed by atoms with Crippen molar-refractivity contribution in [3.63, 3.8) is 0 Å². The smallest absolute Gasteiger partial charge is 0.345 e. The third-order valence-electron chi connectivity index (χ3n) is 5.10. The maximum absolute atomic E-state index is 13.6. The van der Waals surface area contributed by atoms with Gasteiger partial charge in [0.05, 0.1) is 10.6 Å². The van der Waals surface area contributed by atoms with Crippen LogP contribution in [0.2, 0.25) is 5.02 Å². The third-order valence-corrected chi connectivity index (χ3v) is 5.95. The Morgan fingerprint density at radius 1 is 1.32 bits per heavy atom. The van der Waals surface area contributed by atoms with Crippen molar-refractivity contribution in [3.05, 3.63) is 52.4 Å². The van der Waals surface area contributed by atoms with Crippen molar-refractivity contribution in [3.8, 4) is 0 Å². The summed E-state index contributed by atoms with van der Waals surface area (Å²) < 4.78 is 53.5. The molecule has 31 heavy (non-hydrogen) atoms. The fourth-order valence-corrected chi connectivity index (χ4v) is 4.10. The number of nitrogens with zero attached hydrogens (tertiary/aromatic N) is 3. The van der Waals surface area contributed by atoms with Gasteiger partial charge in [-0.25, -0.2) is 9.37 Å². The average molecular weight is 523 g/mol. The largest absolute Gasteiger partial charge is 0.416 e. The highest BCUT2D eigenvalue weighted by Crippen LogP contribution is 2.34. The van der Waals surface area contributed by atoms with Crippen LogP contribution >= 0.6 is 27.5 Å². The minimum Gasteiger partial charge on any atom is -0.345 e. The molecule has 2 aromatic rings. The molecule has 168 valence electrons. The van der Waals surface area contributed by atoms with Crippen molar-refractivity contribution in [2.75, 3.05) is 28.2 Å². The van der Waals surface area contributed by atoms with E-state index >= 15 is 0 Å². The zero-order valence-electron chi connectivity index (χ0n) is 16.7. The number of amides is 1. The summed E-state index contributed by atoms with van der Waals surface area (Å²) in [5.74, 6) is -0.747. The van der Waals surface area contributed by atoms with Gasteiger partial charge in [0, 0.05) is 29.8 Å². The number of carbonyl (C=O) groups excluding carboxylic acids is 1. The van der Waals surface area contributed by atoms with Gasteiger partial charge in [0.15, 0.2) is 0 Å². The van der Waals surface area contributed by atoms with Crippen LogP contribution in [0.4, 0.5) is 29.1 Å². The van der Waals surface area contributed by atoms with Gasteiger partial charge in [-0.3, -0.25) is 4.79 Å². The Bertz CT molecular complexity index is 957. The highest BCUT2D eigenvalue weighted by molar-refractivity contribution is 9.09. The number of anilines is 2. The van der Waals surface area contributed by atoms with Crippen molar-refractivity contribution in [1.29, 1.82) is 0 Å². The number of benzene rings is 1. The summed E-state index contributed by atoms with van der Waals surface area (Å²) in [4.78, 5) is 20.9. The van der Waals surface area contributed by atoms with Gasteiger partial charge in [0.2, 0.25) is 5.91 Å². The van der Waals surface area contributed by atoms with E-state index in [2.05, 4.69) is 20.9 Å². The molecule has 0 bridgehead atoms. The first-order valence-electron chi connectivity index (χ1n) is 9.76. The molecule has 0 radical (unpaired) electrons. The molecule has 10 heteroatoms. The molecule has 1 fully saturated rings. The molecule has 1 aliphatic rings. The SMILES string of the molecule is Cc1cc(C(F)(F)F)cc(N2CCC[C@H]2C(=O)N(CCCBr)c2ccc(F)c(Cl)c2)n1. The van der Waals surface area contributed by atoms with E-state index in [9.17, 15) is 22.4 Å². The normalized spacial score (nSPS) is 16.6. The number of aryl methyl sites for hydroxylation is 1. The van der Waals surface area contributed by atoms with Crippen molar-refractivity contribution in [2.24, 2.45) is 0 Å². The lowest BCUT2D eigenvalue weighted by Crippen LogP contribution is -2.47. The summed E-state index contributed by atoms with van der Waals surface area (Å²) in [5, 5.41) is 0.543. The first-order chi connectivity index (χ1) is 14.6. The molecule has 0 unspecified atom stereocenters. The number of hydrogen-bond donors (Lipinski definition) is 0. The summed E-state index contributed by atoms with van der Waals surface area (Å²) >= 11 is 9.25. The van der Waals surface area contributed by atoms with E-state index in [-0.39, 0.29) is 22.4 Å². The fraction of sp³-hybridized carbons (Fsp3) is 0.429. The molecule has 1 aromatic heterocycles. The van der Waals surface area contributed by atoms with Crippen molar-refractivity contribution < 1.29 is 22.4 Å². The molecule has 1 amide bonds. The van der Waals surface area contributed by atoms with Crippen LogP contribution in [-0.4, -0.2) is 35.4 Å². The molecule has 3 rings (SSSR count). The summed E-state index contributed by atoms with van der Waals surface area (Å²) in [7, 11) is 0.